The molecule has 2 aromatic carbocycles. The van der Waals surface area contributed by atoms with Crippen molar-refractivity contribution in [2.24, 2.45) is 5.92 Å². The molecule has 0 bridgehead atoms. The Labute approximate surface area is 351 Å². The summed E-state index contributed by atoms with van der Waals surface area (Å²) in [6.07, 6.45) is 6.19. The lowest BCUT2D eigenvalue weighted by molar-refractivity contribution is -0.136. The van der Waals surface area contributed by atoms with Crippen molar-refractivity contribution in [2.75, 3.05) is 43.4 Å². The average Bonchev–Trinajstić information content (AvgIpc) is 3.76. The predicted molar refractivity (Wildman–Crippen MR) is 223 cm³/mol. The third-order valence-corrected chi connectivity index (χ3v) is 13.2. The molecule has 1 unspecified atom stereocenters. The van der Waals surface area contributed by atoms with Gasteiger partial charge in [0.25, 0.3) is 17.7 Å². The van der Waals surface area contributed by atoms with Crippen LogP contribution in [0.25, 0.3) is 10.2 Å². The quantitative estimate of drug-likeness (QED) is 0.106. The summed E-state index contributed by atoms with van der Waals surface area (Å²) in [5, 5.41) is 29.8. The van der Waals surface area contributed by atoms with Gasteiger partial charge in [-0.2, -0.15) is 5.26 Å². The van der Waals surface area contributed by atoms with Crippen molar-refractivity contribution in [1.29, 1.82) is 5.26 Å². The smallest absolute Gasteiger partial charge is 0.274 e. The molecule has 4 N–H and O–H groups in total. The number of anilines is 2. The van der Waals surface area contributed by atoms with Crippen LogP contribution in [0.5, 0.6) is 0 Å². The first-order chi connectivity index (χ1) is 28.9. The molecule has 0 radical (unpaired) electrons. The number of amides is 5. The van der Waals surface area contributed by atoms with Crippen molar-refractivity contribution < 1.29 is 33.8 Å². The average molecular weight is 833 g/mol. The molecule has 8 rings (SSSR count). The van der Waals surface area contributed by atoms with Crippen molar-refractivity contribution in [3.05, 3.63) is 81.6 Å². The molecule has 0 spiro atoms. The summed E-state index contributed by atoms with van der Waals surface area (Å²) in [7, 11) is 0. The van der Waals surface area contributed by atoms with Crippen molar-refractivity contribution in [2.45, 2.75) is 88.9 Å². The number of morpholine rings is 1. The maximum atomic E-state index is 13.4. The summed E-state index contributed by atoms with van der Waals surface area (Å²) in [5.41, 5.74) is 1.92. The van der Waals surface area contributed by atoms with Crippen LogP contribution < -0.4 is 16.0 Å². The highest BCUT2D eigenvalue weighted by Gasteiger charge is 2.45. The van der Waals surface area contributed by atoms with E-state index >= 15 is 0 Å². The molecule has 2 saturated heterocycles. The number of carbonyl (C=O) groups is 5. The first-order valence-corrected chi connectivity index (χ1v) is 21.5. The highest BCUT2D eigenvalue weighted by atomic mass is 32.1. The molecule has 2 atom stereocenters. The highest BCUT2D eigenvalue weighted by molar-refractivity contribution is 7.18. The fourth-order valence-electron chi connectivity index (χ4n) is 8.88. The summed E-state index contributed by atoms with van der Waals surface area (Å²) in [6.45, 7) is 7.37. The van der Waals surface area contributed by atoms with Gasteiger partial charge >= 0.3 is 0 Å². The number of nitrogens with one attached hydrogen (secondary N) is 3. The van der Waals surface area contributed by atoms with Crippen LogP contribution in [0, 0.1) is 17.2 Å². The summed E-state index contributed by atoms with van der Waals surface area (Å²) in [6, 6.07) is 14.5. The number of rotatable bonds is 12. The van der Waals surface area contributed by atoms with Gasteiger partial charge in [0.1, 0.15) is 23.5 Å². The second kappa shape index (κ2) is 17.2. The van der Waals surface area contributed by atoms with Crippen LogP contribution in [-0.4, -0.2) is 99.3 Å². The van der Waals surface area contributed by atoms with Crippen LogP contribution >= 0.6 is 11.3 Å². The lowest BCUT2D eigenvalue weighted by atomic mass is 9.82. The number of imide groups is 2. The standard InChI is InChI=1S/C44H48N8O7S/c1-44(2,58)30-20-34-36(21-33(30)48-39(54)32-10-3-6-27(22-45)47-32)60-41(49-34)26-13-11-25(12-14-26)23-51-18-19-59-28(24-51)7-5-17-46-31-9-4-8-29-38(31)43(57)52(42(29)56)35-15-16-37(53)50-40(35)55/h3-4,6,8-10,20-21,25-26,28,35,46,58H,5,7,11-19,23-24H2,1-2H3,(H,48,54)(H,50,53,55)/t25?,26?,28-,35?/m0/s1. The van der Waals surface area contributed by atoms with E-state index in [-0.39, 0.29) is 41.5 Å². The number of fused-ring (bicyclic) bond motifs is 2. The molecule has 2 aromatic heterocycles. The Morgan fingerprint density at radius 1 is 1.03 bits per heavy atom. The predicted octanol–water partition coefficient (Wildman–Crippen LogP) is 5.31. The summed E-state index contributed by atoms with van der Waals surface area (Å²) >= 11 is 1.63. The number of hydrogen-bond donors (Lipinski definition) is 4. The fraction of sp³-hybridized carbons (Fsp3) is 0.455. The van der Waals surface area contributed by atoms with Gasteiger partial charge in [-0.1, -0.05) is 12.1 Å². The lowest BCUT2D eigenvalue weighted by Crippen LogP contribution is -2.54. The zero-order valence-corrected chi connectivity index (χ0v) is 34.5. The number of thiazole rings is 1. The Hall–Kier alpha value is -5.60. The van der Waals surface area contributed by atoms with Crippen LogP contribution in [0.4, 0.5) is 11.4 Å². The number of nitrogens with zero attached hydrogens (tertiary/aromatic N) is 5. The van der Waals surface area contributed by atoms with Crippen molar-refractivity contribution >= 4 is 62.5 Å². The summed E-state index contributed by atoms with van der Waals surface area (Å²) in [5.74, 6) is -1.62. The minimum Gasteiger partial charge on any atom is -0.386 e. The normalized spacial score (nSPS) is 22.4. The lowest BCUT2D eigenvalue weighted by Gasteiger charge is -2.37. The highest BCUT2D eigenvalue weighted by Crippen LogP contribution is 2.42. The number of ether oxygens (including phenoxy) is 1. The first-order valence-electron chi connectivity index (χ1n) is 20.6. The van der Waals surface area contributed by atoms with Gasteiger partial charge in [-0.3, -0.25) is 39.1 Å². The molecule has 3 fully saturated rings. The molecule has 1 aliphatic carbocycles. The number of carbonyl (C=O) groups excluding carboxylic acids is 5. The van der Waals surface area contributed by atoms with Crippen LogP contribution in [0.15, 0.2) is 48.5 Å². The summed E-state index contributed by atoms with van der Waals surface area (Å²) < 4.78 is 7.08. The van der Waals surface area contributed by atoms with E-state index in [0.29, 0.717) is 41.9 Å². The SMILES string of the molecule is CC(C)(O)c1cc2nc(C3CCC(CN4CCO[C@@H](CCCNc5cccc6c5C(=O)N(C5CCC(=O)NC5=O)C6=O)C4)CC3)sc2cc1NC(=O)c1cccc(C#N)n1. The Morgan fingerprint density at radius 3 is 2.60 bits per heavy atom. The van der Waals surface area contributed by atoms with Crippen LogP contribution in [0.1, 0.15) is 119 Å². The van der Waals surface area contributed by atoms with Crippen molar-refractivity contribution in [3.63, 3.8) is 0 Å². The molecule has 4 aliphatic rings. The van der Waals surface area contributed by atoms with E-state index in [4.69, 9.17) is 9.72 Å². The molecule has 5 amide bonds. The van der Waals surface area contributed by atoms with Crippen molar-refractivity contribution in [1.82, 2.24) is 25.1 Å². The topological polar surface area (TPSA) is 207 Å². The van der Waals surface area contributed by atoms with Gasteiger partial charge in [0.2, 0.25) is 11.8 Å². The number of pyridine rings is 1. The third kappa shape index (κ3) is 8.66. The van der Waals surface area contributed by atoms with E-state index in [2.05, 4.69) is 25.8 Å². The number of benzene rings is 2. The zero-order chi connectivity index (χ0) is 42.1. The van der Waals surface area contributed by atoms with Gasteiger partial charge in [-0.15, -0.1) is 11.3 Å². The number of hydrogen-bond acceptors (Lipinski definition) is 13. The molecule has 15 nitrogen and oxygen atoms in total. The molecule has 16 heteroatoms. The van der Waals surface area contributed by atoms with Crippen LogP contribution in [0.3, 0.4) is 0 Å². The van der Waals surface area contributed by atoms with Crippen molar-refractivity contribution in [3.8, 4) is 6.07 Å². The van der Waals surface area contributed by atoms with E-state index in [1.165, 1.54) is 6.07 Å². The van der Waals surface area contributed by atoms with Gasteiger partial charge in [-0.05, 0) is 101 Å². The molecule has 5 heterocycles. The molecular weight excluding hydrogens is 785 g/mol. The monoisotopic (exact) mass is 832 g/mol. The van der Waals surface area contributed by atoms with Gasteiger partial charge in [0, 0.05) is 55.5 Å². The Bertz CT molecular complexity index is 2400. The fourth-order valence-corrected chi connectivity index (χ4v) is 10.0. The number of aliphatic hydroxyl groups is 1. The number of nitriles is 1. The van der Waals surface area contributed by atoms with E-state index < -0.39 is 41.2 Å². The zero-order valence-electron chi connectivity index (χ0n) is 33.7. The van der Waals surface area contributed by atoms with E-state index in [9.17, 15) is 34.3 Å². The van der Waals surface area contributed by atoms with Gasteiger partial charge in [0.05, 0.1) is 44.7 Å². The second-order valence-electron chi connectivity index (χ2n) is 16.7. The molecule has 4 aromatic rings. The summed E-state index contributed by atoms with van der Waals surface area (Å²) in [4.78, 5) is 76.5. The maximum Gasteiger partial charge on any atom is 0.274 e. The molecule has 3 aliphatic heterocycles. The third-order valence-electron chi connectivity index (χ3n) is 12.0. The Kier molecular flexibility index (Phi) is 11.8. The van der Waals surface area contributed by atoms with Crippen LogP contribution in [0.2, 0.25) is 0 Å². The molecule has 60 heavy (non-hydrogen) atoms. The molecule has 312 valence electrons. The minimum atomic E-state index is -1.24. The maximum absolute atomic E-state index is 13.4. The van der Waals surface area contributed by atoms with Gasteiger partial charge in [-0.25, -0.2) is 9.97 Å². The molecular formula is C44H48N8O7S. The van der Waals surface area contributed by atoms with E-state index in [0.717, 1.165) is 78.3 Å². The second-order valence-corrected chi connectivity index (χ2v) is 17.7. The first kappa shape index (κ1) is 41.1. The van der Waals surface area contributed by atoms with Gasteiger partial charge < -0.3 is 20.5 Å². The number of aromatic nitrogens is 2. The largest absolute Gasteiger partial charge is 0.386 e. The van der Waals surface area contributed by atoms with Gasteiger partial charge in [0.15, 0.2) is 0 Å². The minimum absolute atomic E-state index is 0.0731. The Balaban J connectivity index is 0.818. The van der Waals surface area contributed by atoms with E-state index in [1.54, 1.807) is 55.5 Å². The van der Waals surface area contributed by atoms with Crippen LogP contribution in [-0.2, 0) is 19.9 Å². The Morgan fingerprint density at radius 2 is 1.83 bits per heavy atom. The number of piperidine rings is 1. The van der Waals surface area contributed by atoms with E-state index in [1.807, 2.05) is 18.2 Å². The molecule has 1 saturated carbocycles.